The van der Waals surface area contributed by atoms with Crippen molar-refractivity contribution in [2.45, 2.75) is 56.8 Å². The molecule has 5 heterocycles. The highest BCUT2D eigenvalue weighted by Gasteiger charge is 2.52. The normalized spacial score (nSPS) is 37.8. The zero-order valence-corrected chi connectivity index (χ0v) is 17.6. The van der Waals surface area contributed by atoms with Gasteiger partial charge in [0, 0.05) is 25.3 Å². The average molecular weight is 395 g/mol. The number of unbranched alkanes of at least 4 members (excludes halogenated alkanes) is 1. The van der Waals surface area contributed by atoms with Crippen LogP contribution in [-0.4, -0.2) is 72.2 Å². The van der Waals surface area contributed by atoms with E-state index >= 15 is 0 Å². The van der Waals surface area contributed by atoms with E-state index in [0.717, 1.165) is 49.0 Å². The van der Waals surface area contributed by atoms with E-state index in [1.54, 1.807) is 0 Å². The largest absolute Gasteiger partial charge is 0.397 e. The molecule has 156 valence electrons. The summed E-state index contributed by atoms with van der Waals surface area (Å²) in [6.45, 7) is 8.20. The van der Waals surface area contributed by atoms with Crippen molar-refractivity contribution < 1.29 is 0 Å². The molecule has 1 spiro atoms. The van der Waals surface area contributed by atoms with Crippen molar-refractivity contribution in [3.8, 4) is 0 Å². The monoisotopic (exact) mass is 394 g/mol. The van der Waals surface area contributed by atoms with E-state index in [2.05, 4.69) is 39.2 Å². The Hall–Kier alpha value is -1.76. The number of aliphatic imine (C=N–C) groups is 2. The van der Waals surface area contributed by atoms with Crippen molar-refractivity contribution in [2.24, 2.45) is 21.6 Å². The number of rotatable bonds is 7. The number of hydrogen-bond donors (Lipinski definition) is 2. The molecular formula is C23H34N6. The van der Waals surface area contributed by atoms with Gasteiger partial charge in [-0.05, 0) is 75.9 Å². The Kier molecular flexibility index (Phi) is 5.18. The Bertz CT molecular complexity index is 785. The second-order valence-corrected chi connectivity index (χ2v) is 9.04. The van der Waals surface area contributed by atoms with E-state index in [9.17, 15) is 0 Å². The van der Waals surface area contributed by atoms with Crippen molar-refractivity contribution >= 4 is 11.9 Å². The summed E-state index contributed by atoms with van der Waals surface area (Å²) in [5, 5.41) is 3.85. The Morgan fingerprint density at radius 1 is 1.24 bits per heavy atom. The third-order valence-electron chi connectivity index (χ3n) is 7.43. The first-order valence-electron chi connectivity index (χ1n) is 11.4. The second-order valence-electron chi connectivity index (χ2n) is 9.04. The molecule has 2 bridgehead atoms. The number of nitrogens with zero attached hydrogens (tertiary/aromatic N) is 4. The maximum absolute atomic E-state index is 6.35. The third-order valence-corrected chi connectivity index (χ3v) is 7.43. The summed E-state index contributed by atoms with van der Waals surface area (Å²) in [7, 11) is 0. The Morgan fingerprint density at radius 3 is 2.86 bits per heavy atom. The first kappa shape index (κ1) is 19.2. The summed E-state index contributed by atoms with van der Waals surface area (Å²) in [6, 6.07) is 0.703. The topological polar surface area (TPSA) is 69.2 Å². The molecule has 0 aromatic rings. The number of hydrogen-bond acceptors (Lipinski definition) is 6. The quantitative estimate of drug-likeness (QED) is 0.649. The van der Waals surface area contributed by atoms with Gasteiger partial charge >= 0.3 is 0 Å². The van der Waals surface area contributed by atoms with E-state index in [0.29, 0.717) is 6.04 Å². The molecule has 0 aromatic carbocycles. The summed E-state index contributed by atoms with van der Waals surface area (Å²) >= 11 is 0. The van der Waals surface area contributed by atoms with Gasteiger partial charge in [-0.3, -0.25) is 14.9 Å². The van der Waals surface area contributed by atoms with Crippen LogP contribution in [0.3, 0.4) is 0 Å². The van der Waals surface area contributed by atoms with Gasteiger partial charge in [-0.1, -0.05) is 13.0 Å². The van der Waals surface area contributed by atoms with Crippen LogP contribution in [-0.2, 0) is 0 Å². The molecule has 3 fully saturated rings. The fourth-order valence-electron chi connectivity index (χ4n) is 5.86. The summed E-state index contributed by atoms with van der Waals surface area (Å²) in [4.78, 5) is 14.8. The first-order chi connectivity index (χ1) is 14.2. The maximum atomic E-state index is 6.35. The molecule has 0 saturated carbocycles. The van der Waals surface area contributed by atoms with Crippen LogP contribution in [0.4, 0.5) is 0 Å². The van der Waals surface area contributed by atoms with Crippen LogP contribution in [0, 0.1) is 5.92 Å². The SMILES string of the molecule is CCC1N=C2C(N)=CC=C3N=CC=CC32N1CCCCNC1CN2CCC1CC2. The molecule has 6 nitrogen and oxygen atoms in total. The maximum Gasteiger partial charge on any atom is 0.128 e. The van der Waals surface area contributed by atoms with E-state index in [1.165, 1.54) is 38.9 Å². The van der Waals surface area contributed by atoms with E-state index in [1.807, 2.05) is 18.4 Å². The first-order valence-corrected chi connectivity index (χ1v) is 11.4. The predicted molar refractivity (Wildman–Crippen MR) is 119 cm³/mol. The number of fused-ring (bicyclic) bond motifs is 3. The van der Waals surface area contributed by atoms with Crippen LogP contribution in [0.2, 0.25) is 0 Å². The molecule has 0 amide bonds. The van der Waals surface area contributed by atoms with Gasteiger partial charge in [-0.25, -0.2) is 0 Å². The Labute approximate surface area is 174 Å². The molecule has 0 radical (unpaired) electrons. The number of nitrogens with one attached hydrogen (secondary N) is 1. The minimum absolute atomic E-state index is 0.172. The molecule has 0 aromatic heterocycles. The summed E-state index contributed by atoms with van der Waals surface area (Å²) in [6.07, 6.45) is 16.4. The van der Waals surface area contributed by atoms with Gasteiger partial charge in [0.2, 0.25) is 0 Å². The minimum Gasteiger partial charge on any atom is -0.397 e. The molecule has 3 saturated heterocycles. The van der Waals surface area contributed by atoms with E-state index in [4.69, 9.17) is 10.7 Å². The fraction of sp³-hybridized carbons (Fsp3) is 0.652. The molecule has 3 atom stereocenters. The van der Waals surface area contributed by atoms with E-state index < -0.39 is 0 Å². The van der Waals surface area contributed by atoms with Crippen LogP contribution in [0.15, 0.2) is 45.7 Å². The van der Waals surface area contributed by atoms with Crippen molar-refractivity contribution in [2.75, 3.05) is 32.7 Å². The fourth-order valence-corrected chi connectivity index (χ4v) is 5.86. The van der Waals surface area contributed by atoms with Crippen molar-refractivity contribution in [1.29, 1.82) is 0 Å². The summed E-state index contributed by atoms with van der Waals surface area (Å²) < 4.78 is 0. The molecule has 6 aliphatic rings. The van der Waals surface area contributed by atoms with Crippen LogP contribution < -0.4 is 11.1 Å². The Morgan fingerprint density at radius 2 is 2.10 bits per heavy atom. The second kappa shape index (κ2) is 7.82. The smallest absolute Gasteiger partial charge is 0.128 e. The lowest BCUT2D eigenvalue weighted by Crippen LogP contribution is -2.56. The molecule has 3 unspecified atom stereocenters. The lowest BCUT2D eigenvalue weighted by molar-refractivity contribution is 0.0724. The van der Waals surface area contributed by atoms with Crippen LogP contribution >= 0.6 is 0 Å². The zero-order chi connectivity index (χ0) is 19.8. The molecule has 6 rings (SSSR count). The predicted octanol–water partition coefficient (Wildman–Crippen LogP) is 2.06. The van der Waals surface area contributed by atoms with Crippen LogP contribution in [0.5, 0.6) is 0 Å². The van der Waals surface area contributed by atoms with Crippen molar-refractivity contribution in [1.82, 2.24) is 15.1 Å². The lowest BCUT2D eigenvalue weighted by atomic mass is 9.81. The molecule has 6 heteroatoms. The van der Waals surface area contributed by atoms with Gasteiger partial charge in [0.05, 0.1) is 17.1 Å². The highest BCUT2D eigenvalue weighted by molar-refractivity contribution is 6.13. The third kappa shape index (κ3) is 3.22. The lowest BCUT2D eigenvalue weighted by Gasteiger charge is -2.45. The minimum atomic E-state index is -0.364. The molecule has 3 N–H and O–H groups in total. The number of dihydropyridines is 1. The Balaban J connectivity index is 1.20. The van der Waals surface area contributed by atoms with Crippen molar-refractivity contribution in [3.63, 3.8) is 0 Å². The number of piperidine rings is 3. The van der Waals surface area contributed by atoms with E-state index in [-0.39, 0.29) is 11.7 Å². The summed E-state index contributed by atoms with van der Waals surface area (Å²) in [5.74, 6) is 0.896. The van der Waals surface area contributed by atoms with Gasteiger partial charge in [0.1, 0.15) is 11.7 Å². The van der Waals surface area contributed by atoms with Crippen LogP contribution in [0.1, 0.15) is 39.0 Å². The van der Waals surface area contributed by atoms with Crippen LogP contribution in [0.25, 0.3) is 0 Å². The molecule has 29 heavy (non-hydrogen) atoms. The molecule has 1 aliphatic carbocycles. The van der Waals surface area contributed by atoms with Crippen molar-refractivity contribution in [3.05, 3.63) is 35.7 Å². The summed E-state index contributed by atoms with van der Waals surface area (Å²) in [5.41, 5.74) is 8.80. The highest BCUT2D eigenvalue weighted by atomic mass is 15.4. The van der Waals surface area contributed by atoms with Gasteiger partial charge in [-0.2, -0.15) is 0 Å². The molecular weight excluding hydrogens is 360 g/mol. The number of allylic oxidation sites excluding steroid dienone is 3. The highest BCUT2D eigenvalue weighted by Crippen LogP contribution is 2.42. The number of nitrogens with two attached hydrogens (primary N) is 1. The van der Waals surface area contributed by atoms with Gasteiger partial charge in [0.25, 0.3) is 0 Å². The molecule has 5 aliphatic heterocycles. The zero-order valence-electron chi connectivity index (χ0n) is 17.6. The average Bonchev–Trinajstić information content (AvgIpc) is 3.08. The van der Waals surface area contributed by atoms with Gasteiger partial charge in [-0.15, -0.1) is 0 Å². The van der Waals surface area contributed by atoms with Gasteiger partial charge in [0.15, 0.2) is 0 Å². The standard InChI is InChI=1S/C23H34N6/c1-2-21-27-22-18(24)6-7-20-23(22,10-5-12-26-20)29(21)13-4-3-11-25-19-16-28-14-8-17(19)9-15-28/h5-7,10,12,17,19,21,25H,2-4,8-9,11,13-16,24H2,1H3. The van der Waals surface area contributed by atoms with Gasteiger partial charge < -0.3 is 16.0 Å².